The predicted molar refractivity (Wildman–Crippen MR) is 82.2 cm³/mol. The van der Waals surface area contributed by atoms with E-state index in [4.69, 9.17) is 10.5 Å². The van der Waals surface area contributed by atoms with Crippen molar-refractivity contribution in [3.8, 4) is 5.75 Å². The molecule has 0 fully saturated rings. The number of hydrogen-bond acceptors (Lipinski definition) is 3. The molecule has 5 heteroatoms. The van der Waals surface area contributed by atoms with E-state index in [2.05, 4.69) is 0 Å². The van der Waals surface area contributed by atoms with E-state index in [0.717, 1.165) is 5.56 Å². The van der Waals surface area contributed by atoms with Gasteiger partial charge in [0.1, 0.15) is 11.6 Å². The maximum Gasteiger partial charge on any atom is 0.272 e. The van der Waals surface area contributed by atoms with Crippen LogP contribution in [0.15, 0.2) is 48.5 Å². The molecule has 0 spiro atoms. The van der Waals surface area contributed by atoms with Gasteiger partial charge in [-0.2, -0.15) is 0 Å². The Kier molecular flexibility index (Phi) is 4.06. The lowest BCUT2D eigenvalue weighted by molar-refractivity contribution is -0.126. The van der Waals surface area contributed by atoms with Gasteiger partial charge in [-0.15, -0.1) is 0 Å². The molecule has 0 aliphatic carbocycles. The van der Waals surface area contributed by atoms with Gasteiger partial charge in [0.25, 0.3) is 5.91 Å². The summed E-state index contributed by atoms with van der Waals surface area (Å²) in [6.45, 7) is 0.907. The fourth-order valence-corrected chi connectivity index (χ4v) is 2.56. The van der Waals surface area contributed by atoms with Gasteiger partial charge in [-0.1, -0.05) is 30.3 Å². The lowest BCUT2D eigenvalue weighted by Gasteiger charge is -2.34. The number of benzene rings is 2. The highest BCUT2D eigenvalue weighted by Gasteiger charge is 2.35. The number of fused-ring (bicyclic) bond motifs is 1. The van der Waals surface area contributed by atoms with E-state index >= 15 is 0 Å². The van der Waals surface area contributed by atoms with Gasteiger partial charge < -0.3 is 15.4 Å². The molecule has 0 saturated carbocycles. The van der Waals surface area contributed by atoms with Crippen molar-refractivity contribution in [1.82, 2.24) is 0 Å². The second kappa shape index (κ2) is 6.15. The van der Waals surface area contributed by atoms with Crippen LogP contribution in [0.2, 0.25) is 0 Å². The third-order valence-electron chi connectivity index (χ3n) is 3.64. The summed E-state index contributed by atoms with van der Waals surface area (Å²) in [6, 6.07) is 13.5. The number of rotatable bonds is 4. The van der Waals surface area contributed by atoms with Gasteiger partial charge in [0, 0.05) is 18.2 Å². The van der Waals surface area contributed by atoms with Crippen LogP contribution in [0.3, 0.4) is 0 Å². The standard InChI is InChI=1S/C17H17FN2O2/c18-13-7-8-15-14(11-13)20(10-4-9-19)17(21)16(22-15)12-5-2-1-3-6-12/h1-3,5-8,11,16H,4,9-10,19H2. The summed E-state index contributed by atoms with van der Waals surface area (Å²) in [6.07, 6.45) is -0.0691. The van der Waals surface area contributed by atoms with Gasteiger partial charge in [-0.05, 0) is 25.1 Å². The Morgan fingerprint density at radius 1 is 1.18 bits per heavy atom. The zero-order valence-corrected chi connectivity index (χ0v) is 12.0. The predicted octanol–water partition coefficient (Wildman–Crippen LogP) is 2.64. The molecule has 22 heavy (non-hydrogen) atoms. The minimum absolute atomic E-state index is 0.197. The van der Waals surface area contributed by atoms with Gasteiger partial charge in [0.05, 0.1) is 5.69 Å². The molecule has 0 aromatic heterocycles. The van der Waals surface area contributed by atoms with Gasteiger partial charge in [-0.3, -0.25) is 4.79 Å². The maximum absolute atomic E-state index is 13.5. The molecule has 1 aliphatic rings. The maximum atomic E-state index is 13.5. The van der Waals surface area contributed by atoms with E-state index in [9.17, 15) is 9.18 Å². The molecule has 2 aromatic rings. The van der Waals surface area contributed by atoms with E-state index < -0.39 is 11.9 Å². The summed E-state index contributed by atoms with van der Waals surface area (Å²) < 4.78 is 19.3. The van der Waals surface area contributed by atoms with Crippen LogP contribution in [0.25, 0.3) is 0 Å². The molecule has 0 bridgehead atoms. The molecular formula is C17H17FN2O2. The second-order valence-electron chi connectivity index (χ2n) is 5.15. The summed E-state index contributed by atoms with van der Waals surface area (Å²) in [4.78, 5) is 14.3. The van der Waals surface area contributed by atoms with Crippen LogP contribution in [0.5, 0.6) is 5.75 Å². The number of carbonyl (C=O) groups excluding carboxylic acids is 1. The summed E-state index contributed by atoms with van der Waals surface area (Å²) in [5, 5.41) is 0. The Morgan fingerprint density at radius 3 is 2.68 bits per heavy atom. The van der Waals surface area contributed by atoms with E-state index in [1.54, 1.807) is 11.0 Å². The number of nitrogens with zero attached hydrogens (tertiary/aromatic N) is 1. The van der Waals surface area contributed by atoms with Crippen LogP contribution in [0.1, 0.15) is 18.1 Å². The summed E-state index contributed by atoms with van der Waals surface area (Å²) >= 11 is 0. The summed E-state index contributed by atoms with van der Waals surface area (Å²) in [7, 11) is 0. The Bertz CT molecular complexity index is 676. The first-order chi connectivity index (χ1) is 10.7. The molecule has 0 radical (unpaired) electrons. The van der Waals surface area contributed by atoms with Gasteiger partial charge in [-0.25, -0.2) is 4.39 Å². The molecule has 3 rings (SSSR count). The van der Waals surface area contributed by atoms with Crippen molar-refractivity contribution in [3.63, 3.8) is 0 Å². The largest absolute Gasteiger partial charge is 0.474 e. The average Bonchev–Trinajstić information content (AvgIpc) is 2.54. The van der Waals surface area contributed by atoms with Gasteiger partial charge in [0.15, 0.2) is 0 Å². The number of hydrogen-bond donors (Lipinski definition) is 1. The molecule has 2 N–H and O–H groups in total. The summed E-state index contributed by atoms with van der Waals surface area (Å²) in [5.74, 6) is -0.0873. The number of halogens is 1. The van der Waals surface area contributed by atoms with Crippen molar-refractivity contribution < 1.29 is 13.9 Å². The molecule has 4 nitrogen and oxygen atoms in total. The highest BCUT2D eigenvalue weighted by Crippen LogP contribution is 2.39. The van der Waals surface area contributed by atoms with Crippen LogP contribution in [-0.4, -0.2) is 19.0 Å². The van der Waals surface area contributed by atoms with Gasteiger partial charge in [0.2, 0.25) is 6.10 Å². The lowest BCUT2D eigenvalue weighted by Crippen LogP contribution is -2.42. The highest BCUT2D eigenvalue weighted by molar-refractivity contribution is 6.00. The van der Waals surface area contributed by atoms with E-state index in [-0.39, 0.29) is 5.91 Å². The molecule has 1 unspecified atom stereocenters. The fourth-order valence-electron chi connectivity index (χ4n) is 2.56. The number of amides is 1. The monoisotopic (exact) mass is 300 g/mol. The van der Waals surface area contributed by atoms with Crippen LogP contribution < -0.4 is 15.4 Å². The van der Waals surface area contributed by atoms with Crippen molar-refractivity contribution >= 4 is 11.6 Å². The molecule has 1 aliphatic heterocycles. The first-order valence-electron chi connectivity index (χ1n) is 7.23. The first kappa shape index (κ1) is 14.5. The molecule has 1 atom stereocenters. The third kappa shape index (κ3) is 2.67. The van der Waals surface area contributed by atoms with Crippen molar-refractivity contribution in [2.45, 2.75) is 12.5 Å². The quantitative estimate of drug-likeness (QED) is 0.944. The highest BCUT2D eigenvalue weighted by atomic mass is 19.1. The topological polar surface area (TPSA) is 55.6 Å². The number of carbonyl (C=O) groups is 1. The molecule has 0 saturated heterocycles. The zero-order valence-electron chi connectivity index (χ0n) is 12.0. The van der Waals surface area contributed by atoms with Crippen molar-refractivity contribution in [1.29, 1.82) is 0 Å². The Morgan fingerprint density at radius 2 is 1.95 bits per heavy atom. The Balaban J connectivity index is 2.01. The van der Waals surface area contributed by atoms with Crippen LogP contribution in [0.4, 0.5) is 10.1 Å². The normalized spacial score (nSPS) is 17.1. The molecule has 1 amide bonds. The number of ether oxygens (including phenoxy) is 1. The first-order valence-corrected chi connectivity index (χ1v) is 7.23. The Labute approximate surface area is 128 Å². The van der Waals surface area contributed by atoms with Crippen molar-refractivity contribution in [2.24, 2.45) is 5.73 Å². The minimum atomic E-state index is -0.711. The Hall–Kier alpha value is -2.40. The van der Waals surface area contributed by atoms with Crippen molar-refractivity contribution in [3.05, 3.63) is 59.9 Å². The molecule has 114 valence electrons. The number of anilines is 1. The second-order valence-corrected chi connectivity index (χ2v) is 5.15. The molecular weight excluding hydrogens is 283 g/mol. The summed E-state index contributed by atoms with van der Waals surface area (Å²) in [5.41, 5.74) is 6.79. The molecule has 2 aromatic carbocycles. The van der Waals surface area contributed by atoms with Crippen molar-refractivity contribution in [2.75, 3.05) is 18.0 Å². The third-order valence-corrected chi connectivity index (χ3v) is 3.64. The lowest BCUT2D eigenvalue weighted by atomic mass is 10.1. The number of nitrogens with two attached hydrogens (primary N) is 1. The minimum Gasteiger partial charge on any atom is -0.474 e. The SMILES string of the molecule is NCCCN1C(=O)C(c2ccccc2)Oc2ccc(F)cc21. The van der Waals surface area contributed by atoms with Crippen LogP contribution in [0, 0.1) is 5.82 Å². The smallest absolute Gasteiger partial charge is 0.272 e. The van der Waals surface area contributed by atoms with E-state index in [1.807, 2.05) is 30.3 Å². The average molecular weight is 300 g/mol. The van der Waals surface area contributed by atoms with E-state index in [0.29, 0.717) is 30.9 Å². The van der Waals surface area contributed by atoms with Crippen LogP contribution in [-0.2, 0) is 4.79 Å². The fraction of sp³-hybridized carbons (Fsp3) is 0.235. The van der Waals surface area contributed by atoms with Gasteiger partial charge >= 0.3 is 0 Å². The van der Waals surface area contributed by atoms with E-state index in [1.165, 1.54) is 12.1 Å². The zero-order chi connectivity index (χ0) is 15.5. The molecule has 1 heterocycles. The van der Waals surface area contributed by atoms with Crippen LogP contribution >= 0.6 is 0 Å².